The Balaban J connectivity index is 1.57. The number of nitrogens with zero attached hydrogens (tertiary/aromatic N) is 7. The van der Waals surface area contributed by atoms with Crippen LogP contribution in [0.5, 0.6) is 0 Å². The lowest BCUT2D eigenvalue weighted by molar-refractivity contribution is -0.146. The number of pyridine rings is 1. The van der Waals surface area contributed by atoms with Gasteiger partial charge in [0.15, 0.2) is 11.5 Å². The number of rotatable bonds is 2. The molecule has 1 aliphatic rings. The maximum Gasteiger partial charge on any atom is 0.453 e. The number of hydrogen-bond donors (Lipinski definition) is 0. The first-order valence-electron chi connectivity index (χ1n) is 10.1. The first kappa shape index (κ1) is 20.4. The van der Waals surface area contributed by atoms with Crippen LogP contribution < -0.4 is 4.90 Å². The Morgan fingerprint density at radius 3 is 2.53 bits per heavy atom. The summed E-state index contributed by atoms with van der Waals surface area (Å²) in [5.41, 5.74) is 6.05. The van der Waals surface area contributed by atoms with E-state index in [1.807, 2.05) is 37.9 Å². The minimum atomic E-state index is -4.65. The lowest BCUT2D eigenvalue weighted by Gasteiger charge is -2.31. The molecule has 0 aromatic carbocycles. The van der Waals surface area contributed by atoms with E-state index in [1.54, 1.807) is 6.92 Å². The van der Waals surface area contributed by atoms with E-state index in [0.29, 0.717) is 36.7 Å². The number of anilines is 1. The van der Waals surface area contributed by atoms with E-state index >= 15 is 0 Å². The van der Waals surface area contributed by atoms with Gasteiger partial charge in [0, 0.05) is 53.7 Å². The molecule has 0 atom stereocenters. The molecule has 166 valence electrons. The maximum atomic E-state index is 13.4. The number of aromatic nitrogens is 6. The Hall–Kier alpha value is -3.50. The number of halogens is 3. The van der Waals surface area contributed by atoms with E-state index in [0.717, 1.165) is 38.2 Å². The first-order chi connectivity index (χ1) is 15.1. The van der Waals surface area contributed by atoms with Crippen molar-refractivity contribution in [2.45, 2.75) is 46.8 Å². The van der Waals surface area contributed by atoms with E-state index in [-0.39, 0.29) is 5.65 Å². The number of hydrogen-bond acceptors (Lipinski definition) is 7. The predicted molar refractivity (Wildman–Crippen MR) is 109 cm³/mol. The van der Waals surface area contributed by atoms with Crippen LogP contribution in [0.25, 0.3) is 16.8 Å². The van der Waals surface area contributed by atoms with Gasteiger partial charge in [0.1, 0.15) is 5.76 Å². The zero-order valence-corrected chi connectivity index (χ0v) is 17.9. The average molecular weight is 443 g/mol. The highest BCUT2D eigenvalue weighted by Gasteiger charge is 2.38. The van der Waals surface area contributed by atoms with Gasteiger partial charge in [0.05, 0.1) is 5.69 Å². The highest BCUT2D eigenvalue weighted by atomic mass is 19.4. The predicted octanol–water partition coefficient (Wildman–Crippen LogP) is 3.99. The molecule has 5 heterocycles. The summed E-state index contributed by atoms with van der Waals surface area (Å²) in [7, 11) is 0. The van der Waals surface area contributed by atoms with Crippen LogP contribution in [-0.2, 0) is 19.1 Å². The van der Waals surface area contributed by atoms with Gasteiger partial charge in [-0.1, -0.05) is 5.16 Å². The van der Waals surface area contributed by atoms with Gasteiger partial charge in [-0.05, 0) is 39.3 Å². The van der Waals surface area contributed by atoms with Gasteiger partial charge < -0.3 is 9.42 Å². The molecular weight excluding hydrogens is 423 g/mol. The van der Waals surface area contributed by atoms with E-state index in [1.165, 1.54) is 0 Å². The van der Waals surface area contributed by atoms with Crippen LogP contribution in [0.2, 0.25) is 0 Å². The zero-order valence-electron chi connectivity index (χ0n) is 17.9. The summed E-state index contributed by atoms with van der Waals surface area (Å²) in [6.07, 6.45) is -2.18. The summed E-state index contributed by atoms with van der Waals surface area (Å²) in [5.74, 6) is 0.0631. The Bertz CT molecular complexity index is 1340. The second kappa shape index (κ2) is 7.01. The summed E-state index contributed by atoms with van der Waals surface area (Å²) in [5, 5.41) is 15.4. The molecule has 8 nitrogen and oxygen atoms in total. The first-order valence-corrected chi connectivity index (χ1v) is 10.1. The monoisotopic (exact) mass is 443 g/mol. The summed E-state index contributed by atoms with van der Waals surface area (Å²) >= 11 is 0. The van der Waals surface area contributed by atoms with Crippen LogP contribution in [0.3, 0.4) is 0 Å². The Morgan fingerprint density at radius 2 is 1.84 bits per heavy atom. The van der Waals surface area contributed by atoms with Gasteiger partial charge in [-0.25, -0.2) is 0 Å². The van der Waals surface area contributed by atoms with Crippen molar-refractivity contribution in [3.05, 3.63) is 51.9 Å². The third-order valence-electron chi connectivity index (χ3n) is 5.98. The summed E-state index contributed by atoms with van der Waals surface area (Å²) < 4.78 is 46.3. The van der Waals surface area contributed by atoms with Crippen molar-refractivity contribution in [2.24, 2.45) is 0 Å². The molecular formula is C21H20F3N7O. The van der Waals surface area contributed by atoms with Crippen molar-refractivity contribution in [1.82, 2.24) is 30.0 Å². The van der Waals surface area contributed by atoms with E-state index in [2.05, 4.69) is 25.4 Å². The van der Waals surface area contributed by atoms with Crippen molar-refractivity contribution < 1.29 is 17.7 Å². The Labute approximate surface area is 181 Å². The second-order valence-electron chi connectivity index (χ2n) is 8.03. The molecule has 0 aliphatic carbocycles. The molecule has 0 spiro atoms. The van der Waals surface area contributed by atoms with E-state index in [4.69, 9.17) is 4.52 Å². The smallest absolute Gasteiger partial charge is 0.361 e. The van der Waals surface area contributed by atoms with Crippen LogP contribution in [0.4, 0.5) is 19.0 Å². The molecule has 0 saturated carbocycles. The van der Waals surface area contributed by atoms with Crippen molar-refractivity contribution in [1.29, 1.82) is 0 Å². The lowest BCUT2D eigenvalue weighted by atomic mass is 9.99. The summed E-state index contributed by atoms with van der Waals surface area (Å²) in [6.45, 7) is 8.37. The molecule has 32 heavy (non-hydrogen) atoms. The molecule has 0 fully saturated rings. The molecule has 11 heteroatoms. The third-order valence-corrected chi connectivity index (χ3v) is 5.98. The Kier molecular flexibility index (Phi) is 4.47. The topological polar surface area (TPSA) is 85.2 Å². The van der Waals surface area contributed by atoms with Gasteiger partial charge in [-0.3, -0.25) is 4.98 Å². The molecule has 0 unspecified atom stereocenters. The normalized spacial score (nSPS) is 14.3. The van der Waals surface area contributed by atoms with Gasteiger partial charge in [-0.2, -0.15) is 17.7 Å². The highest BCUT2D eigenvalue weighted by Crippen LogP contribution is 2.33. The fourth-order valence-electron chi connectivity index (χ4n) is 4.23. The largest absolute Gasteiger partial charge is 0.453 e. The number of fused-ring (bicyclic) bond motifs is 2. The van der Waals surface area contributed by atoms with Gasteiger partial charge in [-0.15, -0.1) is 15.3 Å². The maximum absolute atomic E-state index is 13.4. The van der Waals surface area contributed by atoms with Gasteiger partial charge in [0.2, 0.25) is 0 Å². The quantitative estimate of drug-likeness (QED) is 0.463. The number of alkyl halides is 3. The second-order valence-corrected chi connectivity index (χ2v) is 8.03. The molecule has 5 rings (SSSR count). The van der Waals surface area contributed by atoms with Crippen molar-refractivity contribution in [2.75, 3.05) is 11.4 Å². The van der Waals surface area contributed by atoms with Crippen LogP contribution in [0.15, 0.2) is 16.8 Å². The third kappa shape index (κ3) is 3.10. The lowest BCUT2D eigenvalue weighted by Crippen LogP contribution is -2.33. The van der Waals surface area contributed by atoms with Crippen LogP contribution in [0, 0.1) is 27.7 Å². The Morgan fingerprint density at radius 1 is 1.06 bits per heavy atom. The molecule has 0 N–H and O–H groups in total. The molecule has 0 radical (unpaired) electrons. The molecule has 4 aromatic heterocycles. The molecule has 0 bridgehead atoms. The van der Waals surface area contributed by atoms with Gasteiger partial charge >= 0.3 is 6.18 Å². The minimum Gasteiger partial charge on any atom is -0.361 e. The molecule has 4 aromatic rings. The van der Waals surface area contributed by atoms with Gasteiger partial charge in [0.25, 0.3) is 5.82 Å². The highest BCUT2D eigenvalue weighted by molar-refractivity contribution is 5.68. The van der Waals surface area contributed by atoms with Crippen LogP contribution in [0.1, 0.15) is 39.7 Å². The average Bonchev–Trinajstić information content (AvgIpc) is 3.33. The molecule has 1 aliphatic heterocycles. The van der Waals surface area contributed by atoms with Crippen molar-refractivity contribution >= 4 is 11.5 Å². The summed E-state index contributed by atoms with van der Waals surface area (Å²) in [6, 6.07) is 2.04. The van der Waals surface area contributed by atoms with E-state index in [9.17, 15) is 13.2 Å². The molecule has 0 saturated heterocycles. The van der Waals surface area contributed by atoms with Crippen molar-refractivity contribution in [3.8, 4) is 11.1 Å². The van der Waals surface area contributed by atoms with Crippen LogP contribution in [-0.4, -0.2) is 36.5 Å². The van der Waals surface area contributed by atoms with E-state index < -0.39 is 12.0 Å². The zero-order chi connectivity index (χ0) is 22.8. The SMILES string of the molecule is Cc1noc(C)c1-c1cnc2c(c1)CN(c1nn3c(C(F)(F)F)nnc3c(C)c1C)CC2. The fourth-order valence-corrected chi connectivity index (χ4v) is 4.23. The fraction of sp³-hybridized carbons (Fsp3) is 0.381. The summed E-state index contributed by atoms with van der Waals surface area (Å²) in [4.78, 5) is 6.60. The molecule has 0 amide bonds. The number of aryl methyl sites for hydroxylation is 3. The van der Waals surface area contributed by atoms with Crippen LogP contribution >= 0.6 is 0 Å². The standard InChI is InChI=1S/C21H20F3N7O/c1-10-11(2)19(28-31-18(10)26-27-20(31)21(22,23)24)30-6-5-16-15(9-30)7-14(8-25-16)17-12(3)29-32-13(17)4/h7-8H,5-6,9H2,1-4H3. The minimum absolute atomic E-state index is 0.110. The van der Waals surface area contributed by atoms with Crippen molar-refractivity contribution in [3.63, 3.8) is 0 Å².